The first-order chi connectivity index (χ1) is 15.8. The quantitative estimate of drug-likeness (QED) is 0.593. The number of carbonyl (C=O) groups is 3. The van der Waals surface area contributed by atoms with Crippen molar-refractivity contribution < 1.29 is 32.6 Å². The van der Waals surface area contributed by atoms with Crippen molar-refractivity contribution in [1.29, 1.82) is 0 Å². The molecule has 1 aliphatic heterocycles. The number of thioether (sulfide) groups is 1. The van der Waals surface area contributed by atoms with Crippen molar-refractivity contribution in [2.24, 2.45) is 10.7 Å². The topological polar surface area (TPSA) is 123 Å². The number of urea groups is 1. The molecular weight excluding hydrogens is 458 g/mol. The molecule has 1 heterocycles. The summed E-state index contributed by atoms with van der Waals surface area (Å²) in [5.41, 5.74) is 6.03. The van der Waals surface area contributed by atoms with Crippen molar-refractivity contribution >= 4 is 46.5 Å². The number of rotatable bonds is 7. The number of amides is 4. The van der Waals surface area contributed by atoms with Crippen LogP contribution < -0.4 is 25.4 Å². The van der Waals surface area contributed by atoms with Gasteiger partial charge in [0.2, 0.25) is 5.91 Å². The van der Waals surface area contributed by atoms with E-state index in [1.54, 1.807) is 30.3 Å². The first-order valence-corrected chi connectivity index (χ1v) is 10.3. The zero-order valence-electron chi connectivity index (χ0n) is 17.2. The molecule has 3 N–H and O–H groups in total. The minimum Gasteiger partial charge on any atom is -0.497 e. The minimum absolute atomic E-state index is 0.0821. The maximum absolute atomic E-state index is 13.1. The second-order valence-electron chi connectivity index (χ2n) is 6.41. The maximum Gasteiger partial charge on any atom is 0.387 e. The summed E-state index contributed by atoms with van der Waals surface area (Å²) in [5, 5.41) is 2.08. The number of carbonyl (C=O) groups excluding carboxylic acids is 3. The van der Waals surface area contributed by atoms with Gasteiger partial charge in [-0.3, -0.25) is 19.8 Å². The Morgan fingerprint density at radius 2 is 1.79 bits per heavy atom. The average molecular weight is 476 g/mol. The molecule has 2 aromatic rings. The van der Waals surface area contributed by atoms with Crippen molar-refractivity contribution in [2.75, 3.05) is 17.8 Å². The lowest BCUT2D eigenvalue weighted by Crippen LogP contribution is -2.37. The average Bonchev–Trinajstić information content (AvgIpc) is 3.07. The number of nitrogens with one attached hydrogen (secondary N) is 1. The Labute approximate surface area is 191 Å². The van der Waals surface area contributed by atoms with Gasteiger partial charge in [0.05, 0.1) is 18.6 Å². The number of nitrogens with zero attached hydrogens (tertiary/aromatic N) is 2. The number of hydrogen-bond acceptors (Lipinski definition) is 7. The van der Waals surface area contributed by atoms with Gasteiger partial charge in [-0.15, -0.1) is 0 Å². The summed E-state index contributed by atoms with van der Waals surface area (Å²) in [6, 6.07) is 11.3. The fraction of sp³-hybridized carbons (Fsp3) is 0.143. The van der Waals surface area contributed by atoms with Gasteiger partial charge in [-0.2, -0.15) is 8.78 Å². The third kappa shape index (κ3) is 6.29. The third-order valence-corrected chi connectivity index (χ3v) is 5.10. The van der Waals surface area contributed by atoms with E-state index in [0.717, 1.165) is 11.8 Å². The van der Waals surface area contributed by atoms with Crippen LogP contribution in [0.4, 0.5) is 19.3 Å². The van der Waals surface area contributed by atoms with Gasteiger partial charge in [0.15, 0.2) is 5.17 Å². The van der Waals surface area contributed by atoms with Crippen molar-refractivity contribution in [2.45, 2.75) is 6.61 Å². The van der Waals surface area contributed by atoms with E-state index >= 15 is 0 Å². The van der Waals surface area contributed by atoms with Crippen LogP contribution >= 0.6 is 11.8 Å². The minimum atomic E-state index is -2.99. The van der Waals surface area contributed by atoms with Gasteiger partial charge in [0.25, 0.3) is 5.91 Å². The molecule has 4 amide bonds. The molecule has 0 aromatic heterocycles. The van der Waals surface area contributed by atoms with Gasteiger partial charge < -0.3 is 15.2 Å². The molecule has 0 spiro atoms. The molecule has 0 unspecified atom stereocenters. The van der Waals surface area contributed by atoms with Crippen LogP contribution in [0.1, 0.15) is 5.56 Å². The number of imide groups is 1. The summed E-state index contributed by atoms with van der Waals surface area (Å²) in [6.45, 7) is -2.99. The number of amidine groups is 1. The first-order valence-electron chi connectivity index (χ1n) is 9.32. The van der Waals surface area contributed by atoms with Crippen LogP contribution in [0.25, 0.3) is 6.08 Å². The largest absolute Gasteiger partial charge is 0.497 e. The lowest BCUT2D eigenvalue weighted by Gasteiger charge is -2.18. The Hall–Kier alpha value is -3.93. The van der Waals surface area contributed by atoms with Crippen molar-refractivity contribution in [3.05, 3.63) is 59.8 Å². The Kier molecular flexibility index (Phi) is 7.61. The summed E-state index contributed by atoms with van der Waals surface area (Å²) in [7, 11) is 1.53. The predicted molar refractivity (Wildman–Crippen MR) is 119 cm³/mol. The number of alkyl halides is 2. The Bertz CT molecular complexity index is 1100. The SMILES string of the molecule is COc1ccc(C=C2N=C(SCC(=O)NC(N)=O)N(c3ccc(OC(F)F)cc3)C2=O)cc1. The molecule has 12 heteroatoms. The molecule has 33 heavy (non-hydrogen) atoms. The highest BCUT2D eigenvalue weighted by atomic mass is 32.2. The summed E-state index contributed by atoms with van der Waals surface area (Å²) < 4.78 is 34.3. The summed E-state index contributed by atoms with van der Waals surface area (Å²) in [6.07, 6.45) is 1.56. The molecule has 9 nitrogen and oxygen atoms in total. The van der Waals surface area contributed by atoms with E-state index in [2.05, 4.69) is 9.73 Å². The van der Waals surface area contributed by atoms with E-state index in [4.69, 9.17) is 10.5 Å². The summed E-state index contributed by atoms with van der Waals surface area (Å²) in [4.78, 5) is 41.3. The highest BCUT2D eigenvalue weighted by Gasteiger charge is 2.32. The zero-order chi connectivity index (χ0) is 24.0. The molecule has 0 fully saturated rings. The molecule has 0 atom stereocenters. The first kappa shape index (κ1) is 23.7. The van der Waals surface area contributed by atoms with Crippen LogP contribution in [0.5, 0.6) is 11.5 Å². The second-order valence-corrected chi connectivity index (χ2v) is 7.35. The normalized spacial score (nSPS) is 14.4. The number of methoxy groups -OCH3 is 1. The fourth-order valence-electron chi connectivity index (χ4n) is 2.76. The third-order valence-electron chi connectivity index (χ3n) is 4.16. The number of anilines is 1. The molecule has 0 saturated heterocycles. The van der Waals surface area contributed by atoms with E-state index in [1.807, 2.05) is 5.32 Å². The lowest BCUT2D eigenvalue weighted by molar-refractivity contribution is -0.117. The van der Waals surface area contributed by atoms with E-state index in [0.29, 0.717) is 17.0 Å². The van der Waals surface area contributed by atoms with E-state index < -0.39 is 24.5 Å². The van der Waals surface area contributed by atoms with Crippen molar-refractivity contribution in [1.82, 2.24) is 5.32 Å². The molecule has 0 aliphatic carbocycles. The highest BCUT2D eigenvalue weighted by molar-refractivity contribution is 8.14. The van der Waals surface area contributed by atoms with Gasteiger partial charge in [-0.25, -0.2) is 9.79 Å². The van der Waals surface area contributed by atoms with Gasteiger partial charge in [0.1, 0.15) is 17.2 Å². The van der Waals surface area contributed by atoms with Crippen molar-refractivity contribution in [3.63, 3.8) is 0 Å². The van der Waals surface area contributed by atoms with Crippen LogP contribution in [0.2, 0.25) is 0 Å². The predicted octanol–water partition coefficient (Wildman–Crippen LogP) is 2.97. The standard InChI is InChI=1S/C21H18F2N4O5S/c1-31-14-6-2-12(3-7-14)10-16-18(29)27(13-4-8-15(9-5-13)32-19(22)23)21(25-16)33-11-17(28)26-20(24)30/h2-10,19H,11H2,1H3,(H3,24,26,28,30). The van der Waals surface area contributed by atoms with Crippen molar-refractivity contribution in [3.8, 4) is 11.5 Å². The number of hydrogen-bond donors (Lipinski definition) is 2. The molecule has 3 rings (SSSR count). The number of nitrogens with two attached hydrogens (primary N) is 1. The number of halogens is 2. The number of benzene rings is 2. The second kappa shape index (κ2) is 10.6. The molecule has 172 valence electrons. The molecule has 1 aliphatic rings. The van der Waals surface area contributed by atoms with Gasteiger partial charge in [-0.05, 0) is 48.0 Å². The Balaban J connectivity index is 1.89. The van der Waals surface area contributed by atoms with Gasteiger partial charge in [-0.1, -0.05) is 23.9 Å². The molecule has 0 bridgehead atoms. The zero-order valence-corrected chi connectivity index (χ0v) is 18.0. The molecule has 2 aromatic carbocycles. The highest BCUT2D eigenvalue weighted by Crippen LogP contribution is 2.31. The molecular formula is C21H18F2N4O5S. The van der Waals surface area contributed by atoms with Gasteiger partial charge >= 0.3 is 12.6 Å². The fourth-order valence-corrected chi connectivity index (χ4v) is 3.57. The van der Waals surface area contributed by atoms with E-state index in [-0.39, 0.29) is 22.4 Å². The number of aliphatic imine (C=N–C) groups is 1. The van der Waals surface area contributed by atoms with Gasteiger partial charge in [0, 0.05) is 0 Å². The Morgan fingerprint density at radius 3 is 2.36 bits per heavy atom. The Morgan fingerprint density at radius 1 is 1.15 bits per heavy atom. The smallest absolute Gasteiger partial charge is 0.387 e. The summed E-state index contributed by atoms with van der Waals surface area (Å²) in [5.74, 6) is -0.847. The molecule has 0 radical (unpaired) electrons. The van der Waals surface area contributed by atoms with Crippen LogP contribution in [-0.4, -0.2) is 42.5 Å². The number of ether oxygens (including phenoxy) is 2. The van der Waals surface area contributed by atoms with E-state index in [9.17, 15) is 23.2 Å². The maximum atomic E-state index is 13.1. The van der Waals surface area contributed by atoms with Crippen LogP contribution in [0.3, 0.4) is 0 Å². The van der Waals surface area contributed by atoms with Crippen LogP contribution in [0, 0.1) is 0 Å². The van der Waals surface area contributed by atoms with Crippen LogP contribution in [0.15, 0.2) is 59.2 Å². The lowest BCUT2D eigenvalue weighted by atomic mass is 10.2. The monoisotopic (exact) mass is 476 g/mol. The molecule has 0 saturated carbocycles. The van der Waals surface area contributed by atoms with Crippen LogP contribution in [-0.2, 0) is 9.59 Å². The van der Waals surface area contributed by atoms with E-state index in [1.165, 1.54) is 36.3 Å². The number of primary amides is 1. The summed E-state index contributed by atoms with van der Waals surface area (Å²) >= 11 is 0.899.